The van der Waals surface area contributed by atoms with Gasteiger partial charge in [0.25, 0.3) is 0 Å². The smallest absolute Gasteiger partial charge is 0.164 e. The van der Waals surface area contributed by atoms with Gasteiger partial charge in [0.05, 0.1) is 5.39 Å². The Balaban J connectivity index is 2.89. The number of anilines is 1. The van der Waals surface area contributed by atoms with Crippen LogP contribution in [0, 0.1) is 0 Å². The number of rotatable bonds is 1. The molecule has 2 rings (SSSR count). The van der Waals surface area contributed by atoms with Crippen molar-refractivity contribution in [3.63, 3.8) is 0 Å². The number of nitrogens with two attached hydrogens (primary N) is 1. The van der Waals surface area contributed by atoms with Crippen LogP contribution in [0.3, 0.4) is 0 Å². The molecule has 0 spiro atoms. The maximum absolute atomic E-state index is 5.73. The summed E-state index contributed by atoms with van der Waals surface area (Å²) in [5.41, 5.74) is 6.50. The molecule has 2 aromatic heterocycles. The second-order valence-corrected chi connectivity index (χ2v) is 3.39. The summed E-state index contributed by atoms with van der Waals surface area (Å²) < 4.78 is 1.71. The van der Waals surface area contributed by atoms with E-state index in [4.69, 9.17) is 5.73 Å². The van der Waals surface area contributed by atoms with Crippen LogP contribution in [0.4, 0.5) is 5.82 Å². The molecular weight excluding hydrogens is 186 g/mol. The lowest BCUT2D eigenvalue weighted by Gasteiger charge is -1.94. The van der Waals surface area contributed by atoms with E-state index in [1.54, 1.807) is 16.4 Å². The lowest BCUT2D eigenvalue weighted by molar-refractivity contribution is 0.754. The van der Waals surface area contributed by atoms with Crippen LogP contribution >= 0.6 is 11.8 Å². The molecule has 0 aliphatic rings. The molecule has 68 valence electrons. The molecule has 2 aromatic rings. The third-order valence-corrected chi connectivity index (χ3v) is 2.48. The summed E-state index contributed by atoms with van der Waals surface area (Å²) in [5.74, 6) is 0.488. The third-order valence-electron chi connectivity index (χ3n) is 1.81. The molecule has 0 fully saturated rings. The van der Waals surface area contributed by atoms with Gasteiger partial charge in [-0.2, -0.15) is 5.10 Å². The van der Waals surface area contributed by atoms with E-state index in [9.17, 15) is 0 Å². The number of hydrogen-bond donors (Lipinski definition) is 1. The van der Waals surface area contributed by atoms with Crippen molar-refractivity contribution in [2.45, 2.75) is 5.03 Å². The van der Waals surface area contributed by atoms with Crippen LogP contribution in [0.5, 0.6) is 0 Å². The zero-order chi connectivity index (χ0) is 9.42. The Morgan fingerprint density at radius 1 is 1.46 bits per heavy atom. The van der Waals surface area contributed by atoms with Gasteiger partial charge in [-0.3, -0.25) is 0 Å². The zero-order valence-corrected chi connectivity index (χ0v) is 8.17. The van der Waals surface area contributed by atoms with Crippen LogP contribution < -0.4 is 5.73 Å². The summed E-state index contributed by atoms with van der Waals surface area (Å²) in [4.78, 5) is 8.04. The van der Waals surface area contributed by atoms with E-state index >= 15 is 0 Å². The number of nitrogens with zero attached hydrogens (tertiary/aromatic N) is 4. The van der Waals surface area contributed by atoms with E-state index < -0.39 is 0 Å². The van der Waals surface area contributed by atoms with Gasteiger partial charge in [-0.15, -0.1) is 11.8 Å². The second-order valence-electron chi connectivity index (χ2n) is 2.59. The first-order valence-corrected chi connectivity index (χ1v) is 4.93. The fraction of sp³-hybridized carbons (Fsp3) is 0.286. The molecule has 0 radical (unpaired) electrons. The number of aryl methyl sites for hydroxylation is 1. The molecule has 0 bridgehead atoms. The molecular formula is C7H9N5S. The molecule has 0 saturated heterocycles. The molecule has 5 nitrogen and oxygen atoms in total. The molecule has 0 saturated carbocycles. The Morgan fingerprint density at radius 2 is 2.23 bits per heavy atom. The van der Waals surface area contributed by atoms with Crippen LogP contribution in [0.2, 0.25) is 0 Å². The van der Waals surface area contributed by atoms with Crippen molar-refractivity contribution in [3.8, 4) is 0 Å². The molecule has 2 heterocycles. The van der Waals surface area contributed by atoms with E-state index in [0.717, 1.165) is 16.1 Å². The van der Waals surface area contributed by atoms with Crippen molar-refractivity contribution in [2.75, 3.05) is 12.0 Å². The first-order valence-electron chi connectivity index (χ1n) is 3.71. The van der Waals surface area contributed by atoms with Gasteiger partial charge in [-0.05, 0) is 6.26 Å². The molecule has 0 atom stereocenters. The number of fused-ring (bicyclic) bond motifs is 1. The van der Waals surface area contributed by atoms with Crippen molar-refractivity contribution in [3.05, 3.63) is 6.33 Å². The van der Waals surface area contributed by atoms with E-state index in [1.165, 1.54) is 6.33 Å². The molecule has 0 unspecified atom stereocenters. The minimum atomic E-state index is 0.488. The van der Waals surface area contributed by atoms with Crippen LogP contribution in [0.25, 0.3) is 11.0 Å². The van der Waals surface area contributed by atoms with Crippen molar-refractivity contribution in [1.29, 1.82) is 0 Å². The minimum absolute atomic E-state index is 0.488. The second kappa shape index (κ2) is 2.88. The molecule has 6 heteroatoms. The number of thioether (sulfide) groups is 1. The highest BCUT2D eigenvalue weighted by Gasteiger charge is 2.11. The SMILES string of the molecule is CSc1nn(C)c2ncnc(N)c12. The summed E-state index contributed by atoms with van der Waals surface area (Å²) in [6.45, 7) is 0. The van der Waals surface area contributed by atoms with Crippen molar-refractivity contribution < 1.29 is 0 Å². The van der Waals surface area contributed by atoms with Crippen LogP contribution in [-0.2, 0) is 7.05 Å². The molecule has 2 N–H and O–H groups in total. The predicted octanol–water partition coefficient (Wildman–Crippen LogP) is 0.667. The van der Waals surface area contributed by atoms with Crippen molar-refractivity contribution in [2.24, 2.45) is 7.05 Å². The lowest BCUT2D eigenvalue weighted by atomic mass is 10.4. The standard InChI is InChI=1S/C7H9N5S/c1-12-6-4(7(11-12)13-2)5(8)9-3-10-6/h3H,1-2H3,(H2,8,9,10). The quantitative estimate of drug-likeness (QED) is 0.677. The van der Waals surface area contributed by atoms with Gasteiger partial charge in [-0.25, -0.2) is 14.6 Å². The van der Waals surface area contributed by atoms with Gasteiger partial charge in [0.2, 0.25) is 0 Å². The molecule has 0 aromatic carbocycles. The molecule has 13 heavy (non-hydrogen) atoms. The molecule has 0 aliphatic carbocycles. The Hall–Kier alpha value is -1.30. The minimum Gasteiger partial charge on any atom is -0.383 e. The lowest BCUT2D eigenvalue weighted by Crippen LogP contribution is -1.95. The third kappa shape index (κ3) is 1.14. The van der Waals surface area contributed by atoms with E-state index in [0.29, 0.717) is 5.82 Å². The van der Waals surface area contributed by atoms with E-state index in [2.05, 4.69) is 15.1 Å². The van der Waals surface area contributed by atoms with Crippen LogP contribution in [-0.4, -0.2) is 26.0 Å². The van der Waals surface area contributed by atoms with Gasteiger partial charge in [0.15, 0.2) is 5.65 Å². The average molecular weight is 195 g/mol. The topological polar surface area (TPSA) is 69.6 Å². The van der Waals surface area contributed by atoms with Gasteiger partial charge in [0, 0.05) is 7.05 Å². The summed E-state index contributed by atoms with van der Waals surface area (Å²) >= 11 is 1.54. The predicted molar refractivity (Wildman–Crippen MR) is 52.5 cm³/mol. The average Bonchev–Trinajstić information content (AvgIpc) is 2.45. The largest absolute Gasteiger partial charge is 0.383 e. The first kappa shape index (κ1) is 8.31. The van der Waals surface area contributed by atoms with Gasteiger partial charge >= 0.3 is 0 Å². The number of hydrogen-bond acceptors (Lipinski definition) is 5. The summed E-state index contributed by atoms with van der Waals surface area (Å²) in [7, 11) is 1.84. The van der Waals surface area contributed by atoms with Gasteiger partial charge < -0.3 is 5.73 Å². The van der Waals surface area contributed by atoms with E-state index in [1.807, 2.05) is 13.3 Å². The van der Waals surface area contributed by atoms with Gasteiger partial charge in [0.1, 0.15) is 17.2 Å². The van der Waals surface area contributed by atoms with E-state index in [-0.39, 0.29) is 0 Å². The highest BCUT2D eigenvalue weighted by molar-refractivity contribution is 7.98. The Kier molecular flexibility index (Phi) is 1.84. The van der Waals surface area contributed by atoms with Crippen LogP contribution in [0.15, 0.2) is 11.4 Å². The van der Waals surface area contributed by atoms with Gasteiger partial charge in [-0.1, -0.05) is 0 Å². The highest BCUT2D eigenvalue weighted by Crippen LogP contribution is 2.26. The summed E-state index contributed by atoms with van der Waals surface area (Å²) in [6, 6.07) is 0. The Labute approximate surface area is 79.4 Å². The fourth-order valence-corrected chi connectivity index (χ4v) is 1.82. The summed E-state index contributed by atoms with van der Waals surface area (Å²) in [6.07, 6.45) is 3.40. The monoisotopic (exact) mass is 195 g/mol. The molecule has 0 aliphatic heterocycles. The highest BCUT2D eigenvalue weighted by atomic mass is 32.2. The molecule has 0 amide bonds. The number of nitrogen functional groups attached to an aromatic ring is 1. The maximum atomic E-state index is 5.73. The summed E-state index contributed by atoms with van der Waals surface area (Å²) in [5, 5.41) is 5.98. The number of aromatic nitrogens is 4. The first-order chi connectivity index (χ1) is 6.24. The van der Waals surface area contributed by atoms with Crippen molar-refractivity contribution in [1.82, 2.24) is 19.7 Å². The Morgan fingerprint density at radius 3 is 2.92 bits per heavy atom. The maximum Gasteiger partial charge on any atom is 0.164 e. The van der Waals surface area contributed by atoms with Crippen LogP contribution in [0.1, 0.15) is 0 Å². The Bertz CT molecular complexity index is 449. The fourth-order valence-electron chi connectivity index (χ4n) is 1.22. The zero-order valence-electron chi connectivity index (χ0n) is 7.35. The van der Waals surface area contributed by atoms with Crippen molar-refractivity contribution >= 4 is 28.6 Å². The normalized spacial score (nSPS) is 10.9.